The molecule has 4 rings (SSSR count). The van der Waals surface area contributed by atoms with Crippen LogP contribution in [0.15, 0.2) is 48.5 Å². The fourth-order valence-corrected chi connectivity index (χ4v) is 2.91. The van der Waals surface area contributed by atoms with E-state index in [2.05, 4.69) is 5.32 Å². The molecule has 2 aromatic carbocycles. The molecule has 1 fully saturated rings. The maximum absolute atomic E-state index is 12.5. The Morgan fingerprint density at radius 2 is 1.86 bits per heavy atom. The van der Waals surface area contributed by atoms with Crippen LogP contribution in [0.4, 0.5) is 5.69 Å². The third-order valence-electron chi connectivity index (χ3n) is 3.90. The smallest absolute Gasteiger partial charge is 0.264 e. The second kappa shape index (κ2) is 4.16. The monoisotopic (exact) mass is 299 g/mol. The summed E-state index contributed by atoms with van der Waals surface area (Å²) in [5.74, 6) is -0.491. The number of ether oxygens (including phenoxy) is 1. The van der Waals surface area contributed by atoms with Crippen LogP contribution in [0.25, 0.3) is 0 Å². The highest BCUT2D eigenvalue weighted by Crippen LogP contribution is 2.54. The molecule has 21 heavy (non-hydrogen) atoms. The molecule has 0 radical (unpaired) electrons. The molecule has 2 aromatic rings. The Hall–Kier alpha value is -2.17. The Balaban J connectivity index is 1.70. The minimum absolute atomic E-state index is 0.210. The first kappa shape index (κ1) is 12.6. The zero-order valence-corrected chi connectivity index (χ0v) is 11.6. The molecule has 1 N–H and O–H groups in total. The highest BCUT2D eigenvalue weighted by atomic mass is 35.5. The van der Waals surface area contributed by atoms with Crippen LogP contribution in [-0.4, -0.2) is 17.8 Å². The summed E-state index contributed by atoms with van der Waals surface area (Å²) in [4.78, 5) is 24.7. The summed E-state index contributed by atoms with van der Waals surface area (Å²) in [5, 5.41) is 3.32. The van der Waals surface area contributed by atoms with Gasteiger partial charge in [0.25, 0.3) is 5.91 Å². The molecule has 0 saturated carbocycles. The predicted octanol–water partition coefficient (Wildman–Crippen LogP) is 2.77. The maximum Gasteiger partial charge on any atom is 0.264 e. The molecule has 1 spiro atoms. The summed E-state index contributed by atoms with van der Waals surface area (Å²) in [6.07, 6.45) is -0.776. The number of fused-ring (bicyclic) bond motifs is 2. The van der Waals surface area contributed by atoms with E-state index in [0.29, 0.717) is 16.3 Å². The first-order chi connectivity index (χ1) is 10.1. The highest BCUT2D eigenvalue weighted by molar-refractivity contribution is 6.30. The van der Waals surface area contributed by atoms with Gasteiger partial charge in [-0.1, -0.05) is 29.8 Å². The van der Waals surface area contributed by atoms with E-state index in [1.165, 1.54) is 0 Å². The van der Waals surface area contributed by atoms with E-state index in [1.807, 2.05) is 18.2 Å². The fourth-order valence-electron chi connectivity index (χ4n) is 2.79. The van der Waals surface area contributed by atoms with Crippen molar-refractivity contribution in [3.05, 3.63) is 64.7 Å². The number of hydrogen-bond donors (Lipinski definition) is 1. The Morgan fingerprint density at radius 3 is 2.62 bits per heavy atom. The van der Waals surface area contributed by atoms with Crippen LogP contribution in [0, 0.1) is 0 Å². The number of epoxide rings is 1. The van der Waals surface area contributed by atoms with E-state index < -0.39 is 11.7 Å². The number of carbonyl (C=O) groups is 2. The number of rotatable bonds is 2. The third-order valence-corrected chi connectivity index (χ3v) is 4.15. The standard InChI is InChI=1S/C16H10ClNO3/c17-10-7-5-9(6-8-10)13(19)14-16(21-14)11-3-1-2-4-12(11)18-15(16)20/h1-8,14H,(H,18,20)/t14-,16+/m0/s1. The molecule has 4 nitrogen and oxygen atoms in total. The van der Waals surface area contributed by atoms with Crippen molar-refractivity contribution < 1.29 is 14.3 Å². The third kappa shape index (κ3) is 1.66. The van der Waals surface area contributed by atoms with Gasteiger partial charge in [-0.2, -0.15) is 0 Å². The molecule has 104 valence electrons. The van der Waals surface area contributed by atoms with Crippen molar-refractivity contribution in [3.8, 4) is 0 Å². The second-order valence-electron chi connectivity index (χ2n) is 5.10. The van der Waals surface area contributed by atoms with Crippen LogP contribution in [0.5, 0.6) is 0 Å². The van der Waals surface area contributed by atoms with Gasteiger partial charge in [0.2, 0.25) is 5.60 Å². The van der Waals surface area contributed by atoms with Gasteiger partial charge in [0, 0.05) is 21.8 Å². The molecule has 0 bridgehead atoms. The molecule has 1 amide bonds. The molecule has 2 aliphatic heterocycles. The summed E-state index contributed by atoms with van der Waals surface area (Å²) in [6.45, 7) is 0. The Labute approximate surface area is 125 Å². The van der Waals surface area contributed by atoms with Crippen molar-refractivity contribution in [3.63, 3.8) is 0 Å². The van der Waals surface area contributed by atoms with Crippen LogP contribution in [0.3, 0.4) is 0 Å². The van der Waals surface area contributed by atoms with Gasteiger partial charge in [0.05, 0.1) is 0 Å². The maximum atomic E-state index is 12.5. The number of anilines is 1. The lowest BCUT2D eigenvalue weighted by Gasteiger charge is -2.02. The number of Topliss-reactive ketones (excluding diaryl/α,β-unsaturated/α-hetero) is 1. The topological polar surface area (TPSA) is 58.7 Å². The van der Waals surface area contributed by atoms with Crippen molar-refractivity contribution in [2.75, 3.05) is 5.32 Å². The van der Waals surface area contributed by atoms with E-state index in [9.17, 15) is 9.59 Å². The van der Waals surface area contributed by atoms with Crippen molar-refractivity contribution in [1.29, 1.82) is 0 Å². The molecule has 2 atom stereocenters. The molecule has 0 unspecified atom stereocenters. The highest BCUT2D eigenvalue weighted by Gasteiger charge is 2.70. The summed E-state index contributed by atoms with van der Waals surface area (Å²) in [5.41, 5.74) is 0.752. The lowest BCUT2D eigenvalue weighted by molar-refractivity contribution is -0.120. The largest absolute Gasteiger partial charge is 0.342 e. The van der Waals surface area contributed by atoms with E-state index in [-0.39, 0.29) is 11.7 Å². The first-order valence-corrected chi connectivity index (χ1v) is 6.89. The van der Waals surface area contributed by atoms with Gasteiger partial charge in [-0.05, 0) is 30.3 Å². The molecular weight excluding hydrogens is 290 g/mol. The molecule has 2 heterocycles. The molecule has 1 saturated heterocycles. The van der Waals surface area contributed by atoms with Crippen molar-refractivity contribution >= 4 is 29.0 Å². The van der Waals surface area contributed by atoms with E-state index in [4.69, 9.17) is 16.3 Å². The number of halogens is 1. The number of benzene rings is 2. The fraction of sp³-hybridized carbons (Fsp3) is 0.125. The normalized spacial score (nSPS) is 25.6. The Morgan fingerprint density at radius 1 is 1.14 bits per heavy atom. The van der Waals surface area contributed by atoms with E-state index in [1.54, 1.807) is 30.3 Å². The van der Waals surface area contributed by atoms with E-state index >= 15 is 0 Å². The average molecular weight is 300 g/mol. The molecular formula is C16H10ClNO3. The quantitative estimate of drug-likeness (QED) is 0.685. The molecule has 5 heteroatoms. The Kier molecular flexibility index (Phi) is 2.49. The van der Waals surface area contributed by atoms with Gasteiger partial charge in [-0.15, -0.1) is 0 Å². The van der Waals surface area contributed by atoms with Crippen molar-refractivity contribution in [1.82, 2.24) is 0 Å². The zero-order valence-electron chi connectivity index (χ0n) is 10.8. The second-order valence-corrected chi connectivity index (χ2v) is 5.54. The average Bonchev–Trinajstić information content (AvgIpc) is 3.18. The summed E-state index contributed by atoms with van der Waals surface area (Å²) >= 11 is 5.82. The lowest BCUT2D eigenvalue weighted by atomic mass is 9.92. The summed E-state index contributed by atoms with van der Waals surface area (Å²) in [7, 11) is 0. The van der Waals surface area contributed by atoms with Crippen molar-refractivity contribution in [2.24, 2.45) is 0 Å². The number of hydrogen-bond acceptors (Lipinski definition) is 3. The van der Waals surface area contributed by atoms with Gasteiger partial charge in [-0.3, -0.25) is 9.59 Å². The number of para-hydroxylation sites is 1. The SMILES string of the molecule is O=C(c1ccc(Cl)cc1)[C@@H]1O[C@@]12C(=O)Nc1ccccc12. The number of ketones is 1. The summed E-state index contributed by atoms with van der Waals surface area (Å²) in [6, 6.07) is 13.8. The van der Waals surface area contributed by atoms with Crippen LogP contribution in [0.1, 0.15) is 15.9 Å². The minimum atomic E-state index is -1.16. The van der Waals surface area contributed by atoms with Crippen LogP contribution in [0.2, 0.25) is 5.02 Å². The molecule has 0 aliphatic carbocycles. The van der Waals surface area contributed by atoms with Gasteiger partial charge in [-0.25, -0.2) is 0 Å². The van der Waals surface area contributed by atoms with E-state index in [0.717, 1.165) is 5.56 Å². The predicted molar refractivity (Wildman–Crippen MR) is 77.4 cm³/mol. The van der Waals surface area contributed by atoms with Gasteiger partial charge >= 0.3 is 0 Å². The molecule has 2 aliphatic rings. The zero-order chi connectivity index (χ0) is 14.6. The minimum Gasteiger partial charge on any atom is -0.342 e. The van der Waals surface area contributed by atoms with Crippen LogP contribution >= 0.6 is 11.6 Å². The van der Waals surface area contributed by atoms with Crippen LogP contribution < -0.4 is 5.32 Å². The number of amides is 1. The summed E-state index contributed by atoms with van der Waals surface area (Å²) < 4.78 is 5.56. The van der Waals surface area contributed by atoms with Gasteiger partial charge in [0.1, 0.15) is 0 Å². The molecule has 0 aromatic heterocycles. The lowest BCUT2D eigenvalue weighted by Crippen LogP contribution is -2.27. The van der Waals surface area contributed by atoms with Gasteiger partial charge in [0.15, 0.2) is 11.9 Å². The van der Waals surface area contributed by atoms with Crippen molar-refractivity contribution in [2.45, 2.75) is 11.7 Å². The van der Waals surface area contributed by atoms with Crippen LogP contribution in [-0.2, 0) is 15.1 Å². The first-order valence-electron chi connectivity index (χ1n) is 6.51. The Bertz CT molecular complexity index is 771. The number of nitrogens with one attached hydrogen (secondary N) is 1. The van der Waals surface area contributed by atoms with Gasteiger partial charge < -0.3 is 10.1 Å². The number of carbonyl (C=O) groups excluding carboxylic acids is 2.